The van der Waals surface area contributed by atoms with Crippen molar-refractivity contribution < 1.29 is 51.2 Å². The third-order valence-corrected chi connectivity index (χ3v) is 12.7. The van der Waals surface area contributed by atoms with Crippen LogP contribution in [0.3, 0.4) is 0 Å². The fraction of sp³-hybridized carbons (Fsp3) is 0.705. The van der Waals surface area contributed by atoms with Crippen LogP contribution < -0.4 is 26.6 Å². The summed E-state index contributed by atoms with van der Waals surface area (Å²) in [7, 11) is 6.47. The first-order chi connectivity index (χ1) is 29.4. The lowest BCUT2D eigenvalue weighted by molar-refractivity contribution is -0.830. The molecule has 6 amide bonds. The number of nitrogens with zero attached hydrogens (tertiary/aromatic N) is 2. The molecule has 0 heterocycles. The fourth-order valence-corrected chi connectivity index (χ4v) is 8.24. The maximum Gasteiger partial charge on any atom is 0.403 e. The van der Waals surface area contributed by atoms with E-state index in [4.69, 9.17) is 23.2 Å². The summed E-state index contributed by atoms with van der Waals surface area (Å²) in [5.41, 5.74) is -2.06. The second-order valence-electron chi connectivity index (χ2n) is 17.6. The summed E-state index contributed by atoms with van der Waals surface area (Å²) in [5.74, 6) is -4.38. The van der Waals surface area contributed by atoms with Crippen molar-refractivity contribution in [3.05, 3.63) is 33.8 Å². The van der Waals surface area contributed by atoms with Gasteiger partial charge in [0, 0.05) is 30.1 Å². The minimum Gasteiger partial charge on any atom is -0.344 e. The number of benzene rings is 1. The normalized spacial score (nSPS) is 17.0. The van der Waals surface area contributed by atoms with Crippen LogP contribution in [-0.2, 0) is 40.0 Å². The highest BCUT2D eigenvalue weighted by Crippen LogP contribution is 2.49. The van der Waals surface area contributed by atoms with E-state index in [2.05, 4.69) is 26.6 Å². The van der Waals surface area contributed by atoms with Gasteiger partial charge in [0.05, 0.1) is 20.1 Å². The highest BCUT2D eigenvalue weighted by Gasteiger charge is 2.60. The van der Waals surface area contributed by atoms with Crippen LogP contribution in [0.1, 0.15) is 111 Å². The molecular weight excluding hydrogens is 866 g/mol. The Kier molecular flexibility index (Phi) is 22.0. The largest absolute Gasteiger partial charge is 0.403 e. The van der Waals surface area contributed by atoms with E-state index in [9.17, 15) is 46.7 Å². The molecule has 19 heteroatoms. The molecule has 1 aromatic rings. The Balaban J connectivity index is 2.34. The number of unbranched alkanes of at least 4 members (excludes halogenated alkanes) is 1. The fourth-order valence-electron chi connectivity index (χ4n) is 7.85. The van der Waals surface area contributed by atoms with Gasteiger partial charge in [-0.2, -0.15) is 13.2 Å². The smallest absolute Gasteiger partial charge is 0.344 e. The number of carbonyl (C=O) groups is 7. The van der Waals surface area contributed by atoms with Gasteiger partial charge in [-0.3, -0.25) is 33.3 Å². The maximum atomic E-state index is 14.4. The van der Waals surface area contributed by atoms with Crippen molar-refractivity contribution in [3.63, 3.8) is 0 Å². The van der Waals surface area contributed by atoms with Crippen LogP contribution in [0, 0.1) is 11.3 Å². The van der Waals surface area contributed by atoms with Crippen molar-refractivity contribution in [1.29, 1.82) is 0 Å². The van der Waals surface area contributed by atoms with E-state index in [1.165, 1.54) is 13.8 Å². The number of halogens is 5. The summed E-state index contributed by atoms with van der Waals surface area (Å²) >= 11 is 12.6. The van der Waals surface area contributed by atoms with Crippen molar-refractivity contribution in [2.24, 2.45) is 11.3 Å². The number of amides is 6. The number of hydrogen-bond acceptors (Lipinski definition) is 8. The van der Waals surface area contributed by atoms with Gasteiger partial charge in [0.1, 0.15) is 29.6 Å². The standard InChI is InChI=1S/C44H68Cl2F3N7O7/c1-10-33(54-42(63)43(44(47,48)49)20-14-12-15-21-43)38(59)51-28(5)37(58)52-35(17-13-16-22-55(7)40(61)34(11-2)50-6)39(60)53-36(23-27(3)4)41(62)56(8,9)31(26-57)25-29-24-30(45)18-19-32(29)46/h18-19,24,26-28,31,33-36,50H,10-17,20-23,25H2,1-9H3,(H3-,51,52,53,54,58,59,60,63)/p+1/t28-,31-,33?,34?,35?,36-/m0/s1. The van der Waals surface area contributed by atoms with Crippen molar-refractivity contribution >= 4 is 64.9 Å². The Labute approximate surface area is 380 Å². The van der Waals surface area contributed by atoms with Gasteiger partial charge in [0.25, 0.3) is 0 Å². The number of alkyl halides is 3. The molecule has 1 aromatic carbocycles. The lowest BCUT2D eigenvalue weighted by Crippen LogP contribution is -2.63. The van der Waals surface area contributed by atoms with Gasteiger partial charge in [-0.1, -0.05) is 70.2 Å². The molecule has 0 aromatic heterocycles. The van der Waals surface area contributed by atoms with Crippen LogP contribution >= 0.6 is 23.2 Å². The summed E-state index contributed by atoms with van der Waals surface area (Å²) in [5, 5.41) is 14.0. The van der Waals surface area contributed by atoms with Crippen LogP contribution in [0.15, 0.2) is 18.2 Å². The second kappa shape index (κ2) is 25.0. The Morgan fingerprint density at radius 2 is 1.43 bits per heavy atom. The SMILES string of the molecule is CCC(NC(=O)C1(C(F)(F)F)CCCCC1)C(=O)N[C@@H](C)C(=O)NC(CCCCN(C)C(=O)C(CC)NC)C(=O)N[C@@H](CC(C)C)C(=O)[N+](C)(C)[C@H](C=O)Cc1cc(Cl)ccc1Cl. The van der Waals surface area contributed by atoms with Crippen LogP contribution in [0.2, 0.25) is 10.0 Å². The number of likely N-dealkylation sites (N-methyl/N-ethyl adjacent to an activating group) is 3. The second-order valence-corrected chi connectivity index (χ2v) is 18.4. The molecule has 6 atom stereocenters. The predicted octanol–water partition coefficient (Wildman–Crippen LogP) is 5.26. The van der Waals surface area contributed by atoms with Crippen molar-refractivity contribution in [2.45, 2.75) is 154 Å². The number of quaternary nitrogens is 1. The van der Waals surface area contributed by atoms with E-state index < -0.39 is 75.8 Å². The van der Waals surface area contributed by atoms with E-state index in [0.717, 1.165) is 0 Å². The molecule has 0 aliphatic heterocycles. The van der Waals surface area contributed by atoms with Gasteiger partial charge in [-0.25, -0.2) is 4.79 Å². The summed E-state index contributed by atoms with van der Waals surface area (Å²) in [6, 6.07) is -1.53. The molecule has 2 rings (SSSR count). The van der Waals surface area contributed by atoms with Crippen molar-refractivity contribution in [2.75, 3.05) is 34.7 Å². The first-order valence-electron chi connectivity index (χ1n) is 21.9. The van der Waals surface area contributed by atoms with Crippen LogP contribution in [0.5, 0.6) is 0 Å². The third kappa shape index (κ3) is 15.4. The summed E-state index contributed by atoms with van der Waals surface area (Å²) in [4.78, 5) is 95.8. The van der Waals surface area contributed by atoms with E-state index >= 15 is 0 Å². The first-order valence-corrected chi connectivity index (χ1v) is 22.6. The van der Waals surface area contributed by atoms with Gasteiger partial charge in [0.15, 0.2) is 12.3 Å². The molecule has 63 heavy (non-hydrogen) atoms. The van der Waals surface area contributed by atoms with Crippen molar-refractivity contribution in [3.8, 4) is 0 Å². The molecule has 14 nitrogen and oxygen atoms in total. The predicted molar refractivity (Wildman–Crippen MR) is 236 cm³/mol. The number of carbonyl (C=O) groups excluding carboxylic acids is 7. The molecule has 3 unspecified atom stereocenters. The van der Waals surface area contributed by atoms with E-state index in [1.54, 1.807) is 51.3 Å². The Hall–Kier alpha value is -3.80. The van der Waals surface area contributed by atoms with Gasteiger partial charge in [0.2, 0.25) is 29.5 Å². The number of nitrogens with one attached hydrogen (secondary N) is 5. The summed E-state index contributed by atoms with van der Waals surface area (Å²) in [6.45, 7) is 8.79. The summed E-state index contributed by atoms with van der Waals surface area (Å²) in [6.07, 6.45) is -2.34. The van der Waals surface area contributed by atoms with Gasteiger partial charge in [-0.05, 0) is 95.0 Å². The number of hydrogen-bond donors (Lipinski definition) is 5. The quantitative estimate of drug-likeness (QED) is 0.0529. The lowest BCUT2D eigenvalue weighted by atomic mass is 9.72. The molecule has 0 radical (unpaired) electrons. The molecule has 1 aliphatic carbocycles. The van der Waals surface area contributed by atoms with Gasteiger partial charge >= 0.3 is 12.1 Å². The highest BCUT2D eigenvalue weighted by atomic mass is 35.5. The number of aldehydes is 1. The van der Waals surface area contributed by atoms with Crippen LogP contribution in [0.4, 0.5) is 13.2 Å². The molecule has 0 saturated heterocycles. The van der Waals surface area contributed by atoms with E-state index in [-0.39, 0.29) is 69.2 Å². The first kappa shape index (κ1) is 55.3. The lowest BCUT2D eigenvalue weighted by Gasteiger charge is -2.38. The average molecular weight is 936 g/mol. The molecule has 0 bridgehead atoms. The Morgan fingerprint density at radius 3 is 1.97 bits per heavy atom. The molecule has 0 spiro atoms. The molecule has 1 aliphatic rings. The highest BCUT2D eigenvalue weighted by molar-refractivity contribution is 6.33. The Morgan fingerprint density at radius 1 is 0.841 bits per heavy atom. The van der Waals surface area contributed by atoms with Gasteiger partial charge < -0.3 is 31.5 Å². The molecule has 1 saturated carbocycles. The Bertz CT molecular complexity index is 1740. The van der Waals surface area contributed by atoms with E-state index in [0.29, 0.717) is 54.1 Å². The molecule has 1 fully saturated rings. The maximum absolute atomic E-state index is 14.4. The zero-order valence-electron chi connectivity index (χ0n) is 38.2. The molecular formula is C44H69Cl2F3N7O7+. The van der Waals surface area contributed by atoms with Crippen molar-refractivity contribution in [1.82, 2.24) is 31.5 Å². The minimum absolute atomic E-state index is 0.0573. The topological polar surface area (TPSA) is 183 Å². The van der Waals surface area contributed by atoms with E-state index in [1.807, 2.05) is 20.8 Å². The molecule has 5 N–H and O–H groups in total. The zero-order valence-corrected chi connectivity index (χ0v) is 39.7. The van der Waals surface area contributed by atoms with Gasteiger partial charge in [-0.15, -0.1) is 0 Å². The van der Waals surface area contributed by atoms with Crippen LogP contribution in [-0.4, -0.2) is 128 Å². The average Bonchev–Trinajstić information content (AvgIpc) is 3.22. The number of rotatable bonds is 24. The zero-order chi connectivity index (χ0) is 47.9. The molecule has 356 valence electrons. The summed E-state index contributed by atoms with van der Waals surface area (Å²) < 4.78 is 42.3. The third-order valence-electron chi connectivity index (χ3n) is 12.1. The minimum atomic E-state index is -4.82. The monoisotopic (exact) mass is 934 g/mol. The van der Waals surface area contributed by atoms with Crippen LogP contribution in [0.25, 0.3) is 0 Å².